The van der Waals surface area contributed by atoms with Gasteiger partial charge in [-0.2, -0.15) is 5.10 Å². The molecular formula is C24H26ClF2N5O2. The largest absolute Gasteiger partial charge is 0.492 e. The minimum atomic E-state index is -0.866. The number of amides is 2. The van der Waals surface area contributed by atoms with Gasteiger partial charge in [0, 0.05) is 30.9 Å². The molecule has 2 heterocycles. The molecule has 2 amide bonds. The van der Waals surface area contributed by atoms with Gasteiger partial charge in [-0.25, -0.2) is 13.6 Å². The normalized spacial score (nSPS) is 14.1. The molecule has 7 nitrogen and oxygen atoms in total. The number of carbonyl (C=O) groups excluding carboxylic acids is 1. The number of urea groups is 1. The number of anilines is 2. The van der Waals surface area contributed by atoms with E-state index in [9.17, 15) is 13.6 Å². The van der Waals surface area contributed by atoms with Gasteiger partial charge in [0.1, 0.15) is 24.0 Å². The molecular weight excluding hydrogens is 464 g/mol. The topological polar surface area (TPSA) is 71.4 Å². The molecule has 0 spiro atoms. The van der Waals surface area contributed by atoms with Crippen molar-refractivity contribution in [3.8, 4) is 17.0 Å². The van der Waals surface area contributed by atoms with E-state index in [1.807, 2.05) is 0 Å². The highest BCUT2D eigenvalue weighted by atomic mass is 35.5. The lowest BCUT2D eigenvalue weighted by Crippen LogP contribution is -2.33. The monoisotopic (exact) mass is 489 g/mol. The van der Waals surface area contributed by atoms with Crippen molar-refractivity contribution in [2.24, 2.45) is 7.05 Å². The third kappa shape index (κ3) is 5.84. The fraction of sp³-hybridized carbons (Fsp3) is 0.333. The van der Waals surface area contributed by atoms with Gasteiger partial charge in [0.15, 0.2) is 0 Å². The first-order chi connectivity index (χ1) is 16.4. The van der Waals surface area contributed by atoms with Crippen LogP contribution in [0.3, 0.4) is 0 Å². The van der Waals surface area contributed by atoms with E-state index in [0.717, 1.165) is 31.8 Å². The van der Waals surface area contributed by atoms with Crippen LogP contribution in [0.25, 0.3) is 11.3 Å². The van der Waals surface area contributed by atoms with E-state index in [2.05, 4.69) is 20.6 Å². The Morgan fingerprint density at radius 2 is 1.91 bits per heavy atom. The van der Waals surface area contributed by atoms with Crippen molar-refractivity contribution in [3.63, 3.8) is 0 Å². The number of piperidine rings is 1. The van der Waals surface area contributed by atoms with Crippen LogP contribution in [0.4, 0.5) is 25.0 Å². The van der Waals surface area contributed by atoms with Crippen LogP contribution < -0.4 is 15.4 Å². The molecule has 0 bridgehead atoms. The molecule has 10 heteroatoms. The Morgan fingerprint density at radius 3 is 2.62 bits per heavy atom. The van der Waals surface area contributed by atoms with Gasteiger partial charge in [0.2, 0.25) is 0 Å². The summed E-state index contributed by atoms with van der Waals surface area (Å²) < 4.78 is 34.7. The highest BCUT2D eigenvalue weighted by Crippen LogP contribution is 2.36. The average molecular weight is 490 g/mol. The Kier molecular flexibility index (Phi) is 7.64. The molecule has 0 radical (unpaired) electrons. The van der Waals surface area contributed by atoms with E-state index < -0.39 is 17.7 Å². The second-order valence-corrected chi connectivity index (χ2v) is 8.54. The van der Waals surface area contributed by atoms with Gasteiger partial charge < -0.3 is 15.4 Å². The smallest absolute Gasteiger partial charge is 0.323 e. The molecule has 2 N–H and O–H groups in total. The number of hydrogen-bond donors (Lipinski definition) is 2. The zero-order valence-corrected chi connectivity index (χ0v) is 19.5. The fourth-order valence-electron chi connectivity index (χ4n) is 3.98. The first kappa shape index (κ1) is 24.0. The van der Waals surface area contributed by atoms with Crippen LogP contribution in [-0.4, -0.2) is 47.0 Å². The molecule has 1 saturated heterocycles. The summed E-state index contributed by atoms with van der Waals surface area (Å²) in [7, 11) is 1.77. The number of carbonyl (C=O) groups is 1. The van der Waals surface area contributed by atoms with Gasteiger partial charge in [-0.3, -0.25) is 9.58 Å². The molecule has 4 rings (SSSR count). The third-order valence-electron chi connectivity index (χ3n) is 5.68. The summed E-state index contributed by atoms with van der Waals surface area (Å²) in [5.74, 6) is -0.981. The van der Waals surface area contributed by atoms with Crippen molar-refractivity contribution >= 4 is 29.0 Å². The fourth-order valence-corrected chi connectivity index (χ4v) is 4.24. The highest BCUT2D eigenvalue weighted by molar-refractivity contribution is 6.33. The molecule has 2 aromatic carbocycles. The summed E-state index contributed by atoms with van der Waals surface area (Å²) in [6, 6.07) is 7.41. The van der Waals surface area contributed by atoms with Gasteiger partial charge in [-0.05, 0) is 56.3 Å². The highest BCUT2D eigenvalue weighted by Gasteiger charge is 2.17. The number of aromatic nitrogens is 2. The molecule has 1 aliphatic heterocycles. The van der Waals surface area contributed by atoms with Crippen LogP contribution in [0.15, 0.2) is 42.6 Å². The minimum absolute atomic E-state index is 0.133. The van der Waals surface area contributed by atoms with Crippen LogP contribution in [0.1, 0.15) is 19.3 Å². The van der Waals surface area contributed by atoms with E-state index in [1.165, 1.54) is 19.3 Å². The standard InChI is InChI=1S/C24H26ClF2N5O2/c1-31-23(19(25)15-28-31)18-14-17(29-24(33)30-21-7-5-16(26)13-20(21)27)6-8-22(18)34-12-11-32-9-3-2-4-10-32/h5-8,13-15H,2-4,9-12H2,1H3,(H2,29,30,33). The number of nitrogens with one attached hydrogen (secondary N) is 2. The SMILES string of the molecule is Cn1ncc(Cl)c1-c1cc(NC(=O)Nc2ccc(F)cc2F)ccc1OCCN1CCCCC1. The molecule has 0 saturated carbocycles. The van der Waals surface area contributed by atoms with Crippen molar-refractivity contribution in [1.82, 2.24) is 14.7 Å². The lowest BCUT2D eigenvalue weighted by molar-refractivity contribution is 0.183. The van der Waals surface area contributed by atoms with Crippen LogP contribution in [-0.2, 0) is 7.05 Å². The van der Waals surface area contributed by atoms with Crippen LogP contribution in [0.2, 0.25) is 5.02 Å². The Hall–Kier alpha value is -3.17. The lowest BCUT2D eigenvalue weighted by atomic mass is 10.1. The molecule has 180 valence electrons. The summed E-state index contributed by atoms with van der Waals surface area (Å²) in [6.45, 7) is 3.50. The number of rotatable bonds is 7. The maximum absolute atomic E-state index is 13.9. The quantitative estimate of drug-likeness (QED) is 0.458. The third-order valence-corrected chi connectivity index (χ3v) is 5.96. The van der Waals surface area contributed by atoms with E-state index in [-0.39, 0.29) is 5.69 Å². The zero-order chi connectivity index (χ0) is 24.1. The Balaban J connectivity index is 1.51. The van der Waals surface area contributed by atoms with Gasteiger partial charge >= 0.3 is 6.03 Å². The zero-order valence-electron chi connectivity index (χ0n) is 18.8. The molecule has 1 aromatic heterocycles. The van der Waals surface area contributed by atoms with Gasteiger partial charge in [0.05, 0.1) is 22.6 Å². The van der Waals surface area contributed by atoms with Crippen molar-refractivity contribution in [3.05, 3.63) is 59.3 Å². The van der Waals surface area contributed by atoms with Gasteiger partial charge in [0.25, 0.3) is 0 Å². The Bertz CT molecular complexity index is 1140. The summed E-state index contributed by atoms with van der Waals surface area (Å²) in [6.07, 6.45) is 5.23. The number of likely N-dealkylation sites (tertiary alicyclic amines) is 1. The molecule has 0 aliphatic carbocycles. The van der Waals surface area contributed by atoms with E-state index in [1.54, 1.807) is 36.1 Å². The maximum Gasteiger partial charge on any atom is 0.323 e. The Labute approximate surface area is 201 Å². The second kappa shape index (κ2) is 10.8. The van der Waals surface area contributed by atoms with E-state index in [0.29, 0.717) is 40.4 Å². The molecule has 34 heavy (non-hydrogen) atoms. The first-order valence-electron chi connectivity index (χ1n) is 11.1. The summed E-state index contributed by atoms with van der Waals surface area (Å²) in [5, 5.41) is 9.68. The van der Waals surface area contributed by atoms with Crippen LogP contribution in [0.5, 0.6) is 5.75 Å². The van der Waals surface area contributed by atoms with E-state index >= 15 is 0 Å². The van der Waals surface area contributed by atoms with Gasteiger partial charge in [-0.15, -0.1) is 0 Å². The van der Waals surface area contributed by atoms with Gasteiger partial charge in [-0.1, -0.05) is 18.0 Å². The summed E-state index contributed by atoms with van der Waals surface area (Å²) in [4.78, 5) is 14.8. The van der Waals surface area contributed by atoms with Crippen LogP contribution >= 0.6 is 11.6 Å². The second-order valence-electron chi connectivity index (χ2n) is 8.13. The van der Waals surface area contributed by atoms with Crippen molar-refractivity contribution in [2.45, 2.75) is 19.3 Å². The molecule has 3 aromatic rings. The Morgan fingerprint density at radius 1 is 1.12 bits per heavy atom. The van der Waals surface area contributed by atoms with Crippen molar-refractivity contribution < 1.29 is 18.3 Å². The maximum atomic E-state index is 13.9. The predicted molar refractivity (Wildman–Crippen MR) is 128 cm³/mol. The molecule has 1 fully saturated rings. The van der Waals surface area contributed by atoms with Crippen LogP contribution in [0, 0.1) is 11.6 Å². The summed E-state index contributed by atoms with van der Waals surface area (Å²) >= 11 is 6.38. The number of aryl methyl sites for hydroxylation is 1. The minimum Gasteiger partial charge on any atom is -0.492 e. The molecule has 0 unspecified atom stereocenters. The van der Waals surface area contributed by atoms with Crippen molar-refractivity contribution in [2.75, 3.05) is 36.9 Å². The first-order valence-corrected chi connectivity index (χ1v) is 11.5. The molecule has 0 atom stereocenters. The van der Waals surface area contributed by atoms with Crippen molar-refractivity contribution in [1.29, 1.82) is 0 Å². The predicted octanol–water partition coefficient (Wildman–Crippen LogP) is 5.53. The number of nitrogens with zero attached hydrogens (tertiary/aromatic N) is 3. The summed E-state index contributed by atoms with van der Waals surface area (Å²) in [5.41, 5.74) is 1.61. The van der Waals surface area contributed by atoms with E-state index in [4.69, 9.17) is 16.3 Å². The number of halogens is 3. The average Bonchev–Trinajstić information content (AvgIpc) is 3.15. The molecule has 1 aliphatic rings. The number of benzene rings is 2. The number of hydrogen-bond acceptors (Lipinski definition) is 4. The number of ether oxygens (including phenoxy) is 1. The lowest BCUT2D eigenvalue weighted by Gasteiger charge is -2.26.